The highest BCUT2D eigenvalue weighted by Gasteiger charge is 2.30. The molecule has 1 heterocycles. The van der Waals surface area contributed by atoms with Crippen LogP contribution in [-0.2, 0) is 16.0 Å². The summed E-state index contributed by atoms with van der Waals surface area (Å²) in [5.41, 5.74) is 1.42. The largest absolute Gasteiger partial charge is 0.431 e. The number of nitriles is 1. The molecule has 4 rings (SSSR count). The molecule has 0 aliphatic rings. The second kappa shape index (κ2) is 11.9. The highest BCUT2D eigenvalue weighted by Crippen LogP contribution is 2.33. The Morgan fingerprint density at radius 2 is 1.70 bits per heavy atom. The minimum Gasteiger partial charge on any atom is -0.431 e. The molecule has 0 radical (unpaired) electrons. The number of hydrogen-bond donors (Lipinski definition) is 1. The SMILES string of the molecule is CCS(=O)(=O)c1ccc([C@H](CC#N)NC(=O)c2ccc(-c3csc(Oc4ccc(C(F)(F)F)cc4)n3)cc2)cc1. The zero-order valence-corrected chi connectivity index (χ0v) is 22.6. The number of benzene rings is 3. The van der Waals surface area contributed by atoms with E-state index in [1.165, 1.54) is 35.6 Å². The summed E-state index contributed by atoms with van der Waals surface area (Å²) in [6, 6.07) is 18.4. The number of halogens is 3. The Morgan fingerprint density at radius 3 is 2.27 bits per heavy atom. The maximum atomic E-state index is 12.9. The van der Waals surface area contributed by atoms with Gasteiger partial charge in [0.25, 0.3) is 11.1 Å². The molecule has 206 valence electrons. The number of sulfone groups is 1. The summed E-state index contributed by atoms with van der Waals surface area (Å²) >= 11 is 1.17. The van der Waals surface area contributed by atoms with E-state index in [0.717, 1.165) is 12.1 Å². The predicted octanol–water partition coefficient (Wildman–Crippen LogP) is 6.80. The van der Waals surface area contributed by atoms with Crippen LogP contribution in [0.5, 0.6) is 10.9 Å². The number of hydrogen-bond acceptors (Lipinski definition) is 7. The van der Waals surface area contributed by atoms with Crippen molar-refractivity contribution in [3.8, 4) is 28.3 Å². The van der Waals surface area contributed by atoms with Crippen LogP contribution in [0.15, 0.2) is 83.1 Å². The van der Waals surface area contributed by atoms with E-state index in [-0.39, 0.29) is 28.0 Å². The van der Waals surface area contributed by atoms with Gasteiger partial charge in [-0.25, -0.2) is 13.4 Å². The predicted molar refractivity (Wildman–Crippen MR) is 144 cm³/mol. The van der Waals surface area contributed by atoms with E-state index in [1.54, 1.807) is 48.7 Å². The van der Waals surface area contributed by atoms with E-state index in [1.807, 2.05) is 6.07 Å². The number of nitrogens with one attached hydrogen (secondary N) is 1. The fourth-order valence-electron chi connectivity index (χ4n) is 3.70. The summed E-state index contributed by atoms with van der Waals surface area (Å²) < 4.78 is 67.9. The summed E-state index contributed by atoms with van der Waals surface area (Å²) in [6.07, 6.45) is -4.44. The van der Waals surface area contributed by atoms with Gasteiger partial charge in [0.15, 0.2) is 9.84 Å². The molecule has 1 N–H and O–H groups in total. The lowest BCUT2D eigenvalue weighted by Crippen LogP contribution is -2.28. The molecular formula is C28H22F3N3O4S2. The number of alkyl halides is 3. The highest BCUT2D eigenvalue weighted by molar-refractivity contribution is 7.91. The van der Waals surface area contributed by atoms with Gasteiger partial charge >= 0.3 is 6.18 Å². The van der Waals surface area contributed by atoms with Crippen LogP contribution in [0.4, 0.5) is 13.2 Å². The van der Waals surface area contributed by atoms with Gasteiger partial charge in [0.1, 0.15) is 5.75 Å². The van der Waals surface area contributed by atoms with Crippen molar-refractivity contribution in [2.24, 2.45) is 0 Å². The van der Waals surface area contributed by atoms with Crippen molar-refractivity contribution in [1.82, 2.24) is 10.3 Å². The number of nitrogens with zero attached hydrogens (tertiary/aromatic N) is 2. The Bertz CT molecular complexity index is 1630. The monoisotopic (exact) mass is 585 g/mol. The first-order valence-electron chi connectivity index (χ1n) is 11.9. The molecule has 12 heteroatoms. The van der Waals surface area contributed by atoms with Crippen molar-refractivity contribution < 1.29 is 31.1 Å². The van der Waals surface area contributed by atoms with Gasteiger partial charge < -0.3 is 10.1 Å². The minimum atomic E-state index is -4.43. The molecule has 3 aromatic carbocycles. The van der Waals surface area contributed by atoms with Gasteiger partial charge in [0.2, 0.25) is 0 Å². The lowest BCUT2D eigenvalue weighted by molar-refractivity contribution is -0.137. The molecule has 0 bridgehead atoms. The fraction of sp³-hybridized carbons (Fsp3) is 0.179. The number of rotatable bonds is 9. The molecule has 0 saturated carbocycles. The number of thiazole rings is 1. The molecule has 40 heavy (non-hydrogen) atoms. The van der Waals surface area contributed by atoms with Gasteiger partial charge in [-0.1, -0.05) is 42.5 Å². The van der Waals surface area contributed by atoms with E-state index in [0.29, 0.717) is 22.4 Å². The van der Waals surface area contributed by atoms with E-state index in [4.69, 9.17) is 4.74 Å². The normalized spacial score (nSPS) is 12.4. The number of aromatic nitrogens is 1. The number of carbonyl (C=O) groups excluding carboxylic acids is 1. The van der Waals surface area contributed by atoms with Crippen LogP contribution in [-0.4, -0.2) is 25.1 Å². The Labute approximate surface area is 232 Å². The Kier molecular flexibility index (Phi) is 8.56. The molecule has 0 spiro atoms. The summed E-state index contributed by atoms with van der Waals surface area (Å²) in [7, 11) is -3.37. The second-order valence-electron chi connectivity index (χ2n) is 8.56. The van der Waals surface area contributed by atoms with E-state index < -0.39 is 33.5 Å². The van der Waals surface area contributed by atoms with Crippen LogP contribution >= 0.6 is 11.3 Å². The Morgan fingerprint density at radius 1 is 1.05 bits per heavy atom. The van der Waals surface area contributed by atoms with Crippen LogP contribution < -0.4 is 10.1 Å². The summed E-state index contributed by atoms with van der Waals surface area (Å²) in [4.78, 5) is 17.4. The maximum Gasteiger partial charge on any atom is 0.416 e. The van der Waals surface area contributed by atoms with Gasteiger partial charge in [-0.15, -0.1) is 0 Å². The number of ether oxygens (including phenoxy) is 1. The molecule has 0 aliphatic heterocycles. The lowest BCUT2D eigenvalue weighted by atomic mass is 10.0. The summed E-state index contributed by atoms with van der Waals surface area (Å²) in [5.74, 6) is -0.231. The van der Waals surface area contributed by atoms with Gasteiger partial charge in [-0.2, -0.15) is 18.4 Å². The van der Waals surface area contributed by atoms with Crippen molar-refractivity contribution in [3.63, 3.8) is 0 Å². The third kappa shape index (κ3) is 6.86. The fourth-order valence-corrected chi connectivity index (χ4v) is 5.28. The third-order valence-corrected chi connectivity index (χ3v) is 8.40. The summed E-state index contributed by atoms with van der Waals surface area (Å²) in [5, 5.41) is 14.0. The topological polar surface area (TPSA) is 109 Å². The lowest BCUT2D eigenvalue weighted by Gasteiger charge is -2.17. The average Bonchev–Trinajstić information content (AvgIpc) is 3.41. The molecular weight excluding hydrogens is 563 g/mol. The van der Waals surface area contributed by atoms with E-state index in [2.05, 4.69) is 10.3 Å². The Hall–Kier alpha value is -4.21. The minimum absolute atomic E-state index is 0.00969. The van der Waals surface area contributed by atoms with Crippen LogP contribution in [0.3, 0.4) is 0 Å². The van der Waals surface area contributed by atoms with Crippen LogP contribution in [0, 0.1) is 11.3 Å². The van der Waals surface area contributed by atoms with Crippen molar-refractivity contribution in [1.29, 1.82) is 5.26 Å². The summed E-state index contributed by atoms with van der Waals surface area (Å²) in [6.45, 7) is 1.55. The first kappa shape index (κ1) is 28.8. The highest BCUT2D eigenvalue weighted by atomic mass is 32.2. The molecule has 1 atom stereocenters. The van der Waals surface area contributed by atoms with Crippen LogP contribution in [0.25, 0.3) is 11.3 Å². The second-order valence-corrected chi connectivity index (χ2v) is 11.7. The van der Waals surface area contributed by atoms with Gasteiger partial charge in [-0.05, 0) is 54.1 Å². The zero-order chi connectivity index (χ0) is 28.9. The first-order chi connectivity index (χ1) is 19.0. The maximum absolute atomic E-state index is 12.9. The molecule has 4 aromatic rings. The van der Waals surface area contributed by atoms with Crippen molar-refractivity contribution in [3.05, 3.63) is 94.9 Å². The van der Waals surface area contributed by atoms with Crippen LogP contribution in [0.1, 0.15) is 40.9 Å². The van der Waals surface area contributed by atoms with Gasteiger partial charge in [0.05, 0.1) is 40.4 Å². The van der Waals surface area contributed by atoms with Crippen LogP contribution in [0.2, 0.25) is 0 Å². The molecule has 1 aromatic heterocycles. The quantitative estimate of drug-likeness (QED) is 0.231. The van der Waals surface area contributed by atoms with E-state index in [9.17, 15) is 31.6 Å². The average molecular weight is 586 g/mol. The molecule has 7 nitrogen and oxygen atoms in total. The first-order valence-corrected chi connectivity index (χ1v) is 14.4. The zero-order valence-electron chi connectivity index (χ0n) is 21.0. The van der Waals surface area contributed by atoms with Crippen molar-refractivity contribution in [2.45, 2.75) is 30.5 Å². The third-order valence-electron chi connectivity index (χ3n) is 5.94. The molecule has 1 amide bonds. The standard InChI is InChI=1S/C28H22F3N3O4S2/c1-2-40(36,37)23-13-7-18(8-14-23)24(15-16-32)33-26(35)20-5-3-19(4-6-20)25-17-39-27(34-25)38-22-11-9-21(10-12-22)28(29,30)31/h3-14,17,24H,2,15H2,1H3,(H,33,35)/t24-/m0/s1. The number of amides is 1. The number of carbonyl (C=O) groups is 1. The van der Waals surface area contributed by atoms with Crippen molar-refractivity contribution in [2.75, 3.05) is 5.75 Å². The Balaban J connectivity index is 1.42. The molecule has 0 saturated heterocycles. The molecule has 0 aliphatic carbocycles. The molecule has 0 fully saturated rings. The van der Waals surface area contributed by atoms with Crippen molar-refractivity contribution >= 4 is 27.1 Å². The van der Waals surface area contributed by atoms with Gasteiger partial charge in [0, 0.05) is 16.5 Å². The van der Waals surface area contributed by atoms with Gasteiger partial charge in [-0.3, -0.25) is 4.79 Å². The molecule has 0 unspecified atom stereocenters. The van der Waals surface area contributed by atoms with E-state index >= 15 is 0 Å². The smallest absolute Gasteiger partial charge is 0.416 e.